The molecule has 0 aliphatic carbocycles. The zero-order valence-corrected chi connectivity index (χ0v) is 14.8. The summed E-state index contributed by atoms with van der Waals surface area (Å²) < 4.78 is 0.334. The van der Waals surface area contributed by atoms with Gasteiger partial charge in [-0.25, -0.2) is 0 Å². The highest BCUT2D eigenvalue weighted by atomic mass is 79.9. The van der Waals surface area contributed by atoms with Crippen molar-refractivity contribution in [1.29, 1.82) is 0 Å². The number of halogens is 1. The number of benzene rings is 1. The Balaban J connectivity index is 1.92. The van der Waals surface area contributed by atoms with Crippen molar-refractivity contribution >= 4 is 45.1 Å². The summed E-state index contributed by atoms with van der Waals surface area (Å²) in [6, 6.07) is 7.26. The molecule has 0 saturated heterocycles. The Bertz CT molecular complexity index is 772. The second kappa shape index (κ2) is 8.12. The molecule has 1 heterocycles. The number of aromatic amines is 1. The molecule has 0 fully saturated rings. The monoisotopic (exact) mass is 394 g/mol. The number of carbonyl (C=O) groups is 2. The van der Waals surface area contributed by atoms with Gasteiger partial charge in [0.25, 0.3) is 0 Å². The van der Waals surface area contributed by atoms with E-state index in [1.165, 1.54) is 12.4 Å². The maximum Gasteiger partial charge on any atom is 0.224 e. The van der Waals surface area contributed by atoms with Gasteiger partial charge in [-0.2, -0.15) is 0 Å². The van der Waals surface area contributed by atoms with Crippen LogP contribution in [0.2, 0.25) is 0 Å². The molecule has 5 nitrogen and oxygen atoms in total. The molecule has 0 unspecified atom stereocenters. The van der Waals surface area contributed by atoms with Gasteiger partial charge in [0, 0.05) is 35.7 Å². The number of pyridine rings is 1. The summed E-state index contributed by atoms with van der Waals surface area (Å²) >= 11 is 4.69. The molecule has 0 saturated carbocycles. The zero-order chi connectivity index (χ0) is 16.8. The van der Waals surface area contributed by atoms with Gasteiger partial charge in [0.15, 0.2) is 5.78 Å². The van der Waals surface area contributed by atoms with Crippen molar-refractivity contribution in [2.45, 2.75) is 17.7 Å². The Kier molecular flexibility index (Phi) is 6.18. The number of Topliss-reactive ketones (excluding diaryl/α,β-unsaturated/α-hetero) is 1. The van der Waals surface area contributed by atoms with Crippen LogP contribution in [0.3, 0.4) is 0 Å². The molecule has 0 aliphatic heterocycles. The molecule has 0 aliphatic rings. The van der Waals surface area contributed by atoms with Gasteiger partial charge >= 0.3 is 0 Å². The number of thioether (sulfide) groups is 1. The first-order valence-electron chi connectivity index (χ1n) is 6.85. The van der Waals surface area contributed by atoms with E-state index in [0.29, 0.717) is 10.0 Å². The third kappa shape index (κ3) is 4.80. The highest BCUT2D eigenvalue weighted by Gasteiger charge is 2.11. The van der Waals surface area contributed by atoms with Crippen molar-refractivity contribution in [3.8, 4) is 0 Å². The van der Waals surface area contributed by atoms with Crippen LogP contribution in [0.15, 0.2) is 50.8 Å². The Morgan fingerprint density at radius 2 is 1.87 bits per heavy atom. The first kappa shape index (κ1) is 17.5. The molecule has 120 valence electrons. The van der Waals surface area contributed by atoms with E-state index >= 15 is 0 Å². The Labute approximate surface area is 146 Å². The van der Waals surface area contributed by atoms with Crippen molar-refractivity contribution in [1.82, 2.24) is 4.98 Å². The van der Waals surface area contributed by atoms with Crippen LogP contribution in [0.5, 0.6) is 0 Å². The van der Waals surface area contributed by atoms with Crippen LogP contribution in [-0.4, -0.2) is 22.9 Å². The normalized spacial score (nSPS) is 10.3. The first-order chi connectivity index (χ1) is 11.0. The maximum absolute atomic E-state index is 12.1. The molecule has 0 bridgehead atoms. The zero-order valence-electron chi connectivity index (χ0n) is 12.4. The smallest absolute Gasteiger partial charge is 0.224 e. The Morgan fingerprint density at radius 1 is 1.17 bits per heavy atom. The van der Waals surface area contributed by atoms with Gasteiger partial charge in [0.2, 0.25) is 11.3 Å². The van der Waals surface area contributed by atoms with E-state index < -0.39 is 0 Å². The molecule has 2 aromatic rings. The second-order valence-electron chi connectivity index (χ2n) is 4.75. The van der Waals surface area contributed by atoms with Crippen molar-refractivity contribution in [2.75, 3.05) is 11.6 Å². The summed E-state index contributed by atoms with van der Waals surface area (Å²) in [6.45, 7) is 0. The molecule has 1 amide bonds. The Morgan fingerprint density at radius 3 is 2.52 bits per heavy atom. The van der Waals surface area contributed by atoms with Gasteiger partial charge in [0.1, 0.15) is 5.69 Å². The number of carbonyl (C=O) groups excluding carboxylic acids is 2. The fourth-order valence-corrected chi connectivity index (χ4v) is 2.67. The van der Waals surface area contributed by atoms with Crippen molar-refractivity contribution in [3.05, 3.63) is 56.9 Å². The molecular weight excluding hydrogens is 380 g/mol. The number of hydrogen-bond acceptors (Lipinski definition) is 4. The second-order valence-corrected chi connectivity index (χ2v) is 6.48. The van der Waals surface area contributed by atoms with E-state index in [1.54, 1.807) is 23.9 Å². The van der Waals surface area contributed by atoms with E-state index in [1.807, 2.05) is 18.4 Å². The summed E-state index contributed by atoms with van der Waals surface area (Å²) in [5.74, 6) is -0.473. The molecule has 0 spiro atoms. The van der Waals surface area contributed by atoms with Crippen LogP contribution < -0.4 is 10.7 Å². The molecule has 0 atom stereocenters. The van der Waals surface area contributed by atoms with Gasteiger partial charge < -0.3 is 10.3 Å². The van der Waals surface area contributed by atoms with Crippen molar-refractivity contribution < 1.29 is 9.59 Å². The summed E-state index contributed by atoms with van der Waals surface area (Å²) in [7, 11) is 0. The minimum atomic E-state index is -0.373. The number of H-pyrrole nitrogens is 1. The molecule has 0 radical (unpaired) electrons. The summed E-state index contributed by atoms with van der Waals surface area (Å²) in [4.78, 5) is 39.5. The van der Waals surface area contributed by atoms with Crippen LogP contribution in [0, 0.1) is 0 Å². The van der Waals surface area contributed by atoms with E-state index in [-0.39, 0.29) is 35.6 Å². The number of amides is 1. The van der Waals surface area contributed by atoms with Crippen molar-refractivity contribution in [2.24, 2.45) is 0 Å². The number of nitrogens with one attached hydrogen (secondary N) is 2. The van der Waals surface area contributed by atoms with Gasteiger partial charge in [-0.1, -0.05) is 12.1 Å². The first-order valence-corrected chi connectivity index (χ1v) is 8.86. The van der Waals surface area contributed by atoms with E-state index in [0.717, 1.165) is 4.90 Å². The van der Waals surface area contributed by atoms with Gasteiger partial charge in [-0.15, -0.1) is 11.8 Å². The lowest BCUT2D eigenvalue weighted by Gasteiger charge is -2.05. The van der Waals surface area contributed by atoms with Gasteiger partial charge in [-0.05, 0) is 34.3 Å². The van der Waals surface area contributed by atoms with Gasteiger partial charge in [0.05, 0.1) is 4.47 Å². The lowest BCUT2D eigenvalue weighted by Crippen LogP contribution is -2.19. The SMILES string of the molecule is CSc1ccc(C(=O)CCC(=O)Nc2c[nH]cc(Br)c2=O)cc1. The minimum absolute atomic E-state index is 0.0229. The number of aromatic nitrogens is 1. The van der Waals surface area contributed by atoms with Crippen molar-refractivity contribution in [3.63, 3.8) is 0 Å². The fourth-order valence-electron chi connectivity index (χ4n) is 1.91. The molecule has 1 aromatic carbocycles. The van der Waals surface area contributed by atoms with Crippen LogP contribution >= 0.6 is 27.7 Å². The molecular formula is C16H15BrN2O3S. The Hall–Kier alpha value is -1.86. The maximum atomic E-state index is 12.1. The van der Waals surface area contributed by atoms with E-state index in [4.69, 9.17) is 0 Å². The topological polar surface area (TPSA) is 79.0 Å². The third-order valence-corrected chi connectivity index (χ3v) is 4.50. The highest BCUT2D eigenvalue weighted by Crippen LogP contribution is 2.16. The largest absolute Gasteiger partial charge is 0.365 e. The molecule has 23 heavy (non-hydrogen) atoms. The standard InChI is InChI=1S/C16H15BrN2O3S/c1-23-11-4-2-10(3-5-11)14(20)6-7-15(21)19-13-9-18-8-12(17)16(13)22/h2-5,8-9H,6-7H2,1H3,(H,18,22)(H,19,21). The summed E-state index contributed by atoms with van der Waals surface area (Å²) in [6.07, 6.45) is 4.98. The van der Waals surface area contributed by atoms with Gasteiger partial charge in [-0.3, -0.25) is 14.4 Å². The molecule has 2 N–H and O–H groups in total. The van der Waals surface area contributed by atoms with Crippen LogP contribution in [0.1, 0.15) is 23.2 Å². The highest BCUT2D eigenvalue weighted by molar-refractivity contribution is 9.10. The fraction of sp³-hybridized carbons (Fsp3) is 0.188. The van der Waals surface area contributed by atoms with Crippen LogP contribution in [0.25, 0.3) is 0 Å². The number of rotatable bonds is 6. The lowest BCUT2D eigenvalue weighted by atomic mass is 10.1. The number of ketones is 1. The van der Waals surface area contributed by atoms with E-state index in [2.05, 4.69) is 26.2 Å². The summed E-state index contributed by atoms with van der Waals surface area (Å²) in [5.41, 5.74) is 0.424. The molecule has 1 aromatic heterocycles. The predicted molar refractivity (Wildman–Crippen MR) is 95.2 cm³/mol. The number of hydrogen-bond donors (Lipinski definition) is 2. The summed E-state index contributed by atoms with van der Waals surface area (Å²) in [5, 5.41) is 2.51. The molecule has 7 heteroatoms. The van der Waals surface area contributed by atoms with E-state index in [9.17, 15) is 14.4 Å². The van der Waals surface area contributed by atoms with Crippen LogP contribution in [-0.2, 0) is 4.79 Å². The third-order valence-electron chi connectivity index (χ3n) is 3.16. The number of anilines is 1. The lowest BCUT2D eigenvalue weighted by molar-refractivity contribution is -0.116. The predicted octanol–water partition coefficient (Wildman–Crippen LogP) is 3.46. The average Bonchev–Trinajstić information content (AvgIpc) is 2.57. The average molecular weight is 395 g/mol. The minimum Gasteiger partial charge on any atom is -0.365 e. The molecule has 2 rings (SSSR count). The van der Waals surface area contributed by atoms with Crippen LogP contribution in [0.4, 0.5) is 5.69 Å². The quantitative estimate of drug-likeness (QED) is 0.580.